The number of rotatable bonds is 6. The fourth-order valence-corrected chi connectivity index (χ4v) is 5.59. The monoisotopic (exact) mass is 583 g/mol. The molecular weight excluding hydrogens is 554 g/mol. The van der Waals surface area contributed by atoms with Crippen LogP contribution in [0.1, 0.15) is 43.1 Å². The maximum atomic E-state index is 13.7. The number of carbonyl (C=O) groups excluding carboxylic acids is 2. The Morgan fingerprint density at radius 1 is 1.00 bits per heavy atom. The summed E-state index contributed by atoms with van der Waals surface area (Å²) in [4.78, 5) is 45.3. The molecule has 218 valence electrons. The molecule has 0 unspecified atom stereocenters. The van der Waals surface area contributed by atoms with Gasteiger partial charge in [0.25, 0.3) is 11.8 Å². The quantitative estimate of drug-likeness (QED) is 0.224. The number of amides is 2. The highest BCUT2D eigenvalue weighted by atomic mass is 16.2. The van der Waals surface area contributed by atoms with Gasteiger partial charge in [0.2, 0.25) is 5.95 Å². The van der Waals surface area contributed by atoms with E-state index in [1.807, 2.05) is 64.3 Å². The molecule has 0 spiro atoms. The van der Waals surface area contributed by atoms with Crippen LogP contribution in [0.5, 0.6) is 0 Å². The third-order valence-electron chi connectivity index (χ3n) is 7.92. The minimum atomic E-state index is -0.274. The van der Waals surface area contributed by atoms with E-state index in [0.29, 0.717) is 35.1 Å². The highest BCUT2D eigenvalue weighted by Gasteiger charge is 2.32. The molecule has 4 aromatic heterocycles. The van der Waals surface area contributed by atoms with Gasteiger partial charge in [0.1, 0.15) is 0 Å². The van der Waals surface area contributed by atoms with E-state index in [4.69, 9.17) is 4.98 Å². The van der Waals surface area contributed by atoms with Crippen LogP contribution >= 0.6 is 0 Å². The van der Waals surface area contributed by atoms with Crippen LogP contribution in [0.4, 0.5) is 23.1 Å². The molecule has 2 amide bonds. The topological polar surface area (TPSA) is 134 Å². The Labute approximate surface area is 253 Å². The van der Waals surface area contributed by atoms with Crippen molar-refractivity contribution in [3.63, 3.8) is 0 Å². The van der Waals surface area contributed by atoms with Crippen molar-refractivity contribution in [2.24, 2.45) is 7.05 Å². The van der Waals surface area contributed by atoms with Gasteiger partial charge in [-0.15, -0.1) is 0 Å². The minimum absolute atomic E-state index is 0.132. The van der Waals surface area contributed by atoms with Gasteiger partial charge in [-0.2, -0.15) is 5.10 Å². The van der Waals surface area contributed by atoms with Crippen LogP contribution in [0.2, 0.25) is 0 Å². The number of aryl methyl sites for hydroxylation is 4. The molecule has 44 heavy (non-hydrogen) atoms. The lowest BCUT2D eigenvalue weighted by Gasteiger charge is -2.17. The normalized spacial score (nSPS) is 12.5. The highest BCUT2D eigenvalue weighted by molar-refractivity contribution is 6.16. The van der Waals surface area contributed by atoms with Gasteiger partial charge in [-0.25, -0.2) is 9.97 Å². The second kappa shape index (κ2) is 10.5. The first-order valence-electron chi connectivity index (χ1n) is 14.2. The zero-order valence-corrected chi connectivity index (χ0v) is 24.6. The predicted molar refractivity (Wildman–Crippen MR) is 169 cm³/mol. The summed E-state index contributed by atoms with van der Waals surface area (Å²) < 4.78 is 1.79. The van der Waals surface area contributed by atoms with E-state index in [-0.39, 0.29) is 11.8 Å². The number of aromatic nitrogens is 6. The van der Waals surface area contributed by atoms with Crippen LogP contribution in [0, 0.1) is 20.8 Å². The molecule has 11 heteroatoms. The third-order valence-corrected chi connectivity index (χ3v) is 7.92. The first-order valence-corrected chi connectivity index (χ1v) is 14.2. The number of nitrogens with zero attached hydrogens (tertiary/aromatic N) is 6. The van der Waals surface area contributed by atoms with E-state index < -0.39 is 0 Å². The molecule has 3 N–H and O–H groups in total. The summed E-state index contributed by atoms with van der Waals surface area (Å²) in [5.74, 6) is 0.700. The van der Waals surface area contributed by atoms with Crippen molar-refractivity contribution in [3.05, 3.63) is 107 Å². The number of H-pyrrole nitrogens is 1. The molecule has 2 aromatic carbocycles. The molecule has 0 radical (unpaired) electrons. The predicted octanol–water partition coefficient (Wildman–Crippen LogP) is 5.83. The average Bonchev–Trinajstić information content (AvgIpc) is 3.69. The van der Waals surface area contributed by atoms with Gasteiger partial charge < -0.3 is 20.5 Å². The molecule has 0 fully saturated rings. The Kier molecular flexibility index (Phi) is 6.42. The maximum Gasteiger partial charge on any atom is 0.259 e. The number of pyridine rings is 1. The van der Waals surface area contributed by atoms with Gasteiger partial charge in [-0.3, -0.25) is 19.3 Å². The molecule has 7 rings (SSSR count). The fourth-order valence-electron chi connectivity index (χ4n) is 5.59. The molecule has 5 heterocycles. The number of nitrogens with one attached hydrogen (secondary N) is 3. The molecule has 0 bridgehead atoms. The molecule has 6 aromatic rings. The van der Waals surface area contributed by atoms with Gasteiger partial charge in [0.15, 0.2) is 5.82 Å². The first kappa shape index (κ1) is 27.0. The van der Waals surface area contributed by atoms with Crippen LogP contribution < -0.4 is 15.5 Å². The SMILES string of the molecule is Cc1cncc(C(=O)Nc2cccc3c2CN(c2cccc4c(-c5nc(Nc6cc(C)n(C)n6)ncc5C)c[nH]c24)C3=O)c1. The molecule has 0 saturated heterocycles. The van der Waals surface area contributed by atoms with Crippen LogP contribution in [-0.4, -0.2) is 41.5 Å². The summed E-state index contributed by atoms with van der Waals surface area (Å²) in [6.45, 7) is 6.15. The fraction of sp³-hybridized carbons (Fsp3) is 0.152. The van der Waals surface area contributed by atoms with E-state index in [0.717, 1.165) is 50.2 Å². The number of benzene rings is 2. The van der Waals surface area contributed by atoms with E-state index >= 15 is 0 Å². The Bertz CT molecular complexity index is 2090. The van der Waals surface area contributed by atoms with Crippen LogP contribution in [0.25, 0.3) is 22.2 Å². The van der Waals surface area contributed by atoms with Gasteiger partial charge in [-0.1, -0.05) is 18.2 Å². The van der Waals surface area contributed by atoms with E-state index in [1.54, 1.807) is 40.2 Å². The van der Waals surface area contributed by atoms with E-state index in [2.05, 4.69) is 30.7 Å². The van der Waals surface area contributed by atoms with Crippen molar-refractivity contribution in [1.29, 1.82) is 0 Å². The van der Waals surface area contributed by atoms with E-state index in [1.165, 1.54) is 6.20 Å². The molecule has 1 aliphatic heterocycles. The minimum Gasteiger partial charge on any atom is -0.359 e. The van der Waals surface area contributed by atoms with Crippen molar-refractivity contribution in [2.75, 3.05) is 15.5 Å². The summed E-state index contributed by atoms with van der Waals surface area (Å²) in [6.07, 6.45) is 6.93. The lowest BCUT2D eigenvalue weighted by Crippen LogP contribution is -2.23. The maximum absolute atomic E-state index is 13.7. The van der Waals surface area contributed by atoms with Crippen molar-refractivity contribution < 1.29 is 9.59 Å². The molecule has 0 atom stereocenters. The first-order chi connectivity index (χ1) is 21.3. The summed E-state index contributed by atoms with van der Waals surface area (Å²) in [5, 5.41) is 11.6. The number of anilines is 4. The Hall–Kier alpha value is -5.84. The highest BCUT2D eigenvalue weighted by Crippen LogP contribution is 2.39. The molecule has 0 aliphatic carbocycles. The number of aromatic amines is 1. The van der Waals surface area contributed by atoms with Crippen molar-refractivity contribution >= 4 is 45.9 Å². The summed E-state index contributed by atoms with van der Waals surface area (Å²) in [7, 11) is 1.88. The second-order valence-corrected chi connectivity index (χ2v) is 11.0. The Morgan fingerprint density at radius 2 is 1.84 bits per heavy atom. The van der Waals surface area contributed by atoms with Crippen molar-refractivity contribution in [3.8, 4) is 11.3 Å². The van der Waals surface area contributed by atoms with Gasteiger partial charge in [0.05, 0.1) is 29.0 Å². The zero-order chi connectivity index (χ0) is 30.5. The summed E-state index contributed by atoms with van der Waals surface area (Å²) in [6, 6.07) is 15.0. The van der Waals surface area contributed by atoms with Gasteiger partial charge in [-0.05, 0) is 56.2 Å². The number of para-hydroxylation sites is 1. The number of fused-ring (bicyclic) bond motifs is 2. The molecule has 1 aliphatic rings. The van der Waals surface area contributed by atoms with Crippen LogP contribution in [0.15, 0.2) is 73.3 Å². The number of carbonyl (C=O) groups is 2. The molecular formula is C33H29N9O2. The van der Waals surface area contributed by atoms with Gasteiger partial charge >= 0.3 is 0 Å². The average molecular weight is 584 g/mol. The lowest BCUT2D eigenvalue weighted by atomic mass is 10.1. The van der Waals surface area contributed by atoms with Crippen molar-refractivity contribution in [2.45, 2.75) is 27.3 Å². The van der Waals surface area contributed by atoms with Crippen LogP contribution in [0.3, 0.4) is 0 Å². The Morgan fingerprint density at radius 3 is 2.64 bits per heavy atom. The van der Waals surface area contributed by atoms with Crippen LogP contribution in [-0.2, 0) is 13.6 Å². The van der Waals surface area contributed by atoms with Gasteiger partial charge in [0, 0.05) is 71.4 Å². The summed E-state index contributed by atoms with van der Waals surface area (Å²) in [5.41, 5.74) is 8.42. The standard InChI is InChI=1S/C33H29N9O2/c1-18-11-21(15-34-13-18)31(43)37-26-9-5-8-23-25(26)17-42(32(23)44)27-10-6-7-22-24(16-35-30(22)27)29-19(2)14-36-33(39-29)38-28-12-20(3)41(4)40-28/h5-16,35H,17H2,1-4H3,(H,37,43)(H,36,38,39,40). The van der Waals surface area contributed by atoms with E-state index in [9.17, 15) is 9.59 Å². The third kappa shape index (κ3) is 4.64. The Balaban J connectivity index is 1.20. The smallest absolute Gasteiger partial charge is 0.259 e. The molecule has 11 nitrogen and oxygen atoms in total. The largest absolute Gasteiger partial charge is 0.359 e. The zero-order valence-electron chi connectivity index (χ0n) is 24.6. The lowest BCUT2D eigenvalue weighted by molar-refractivity contribution is 0.0994. The molecule has 0 saturated carbocycles. The second-order valence-electron chi connectivity index (χ2n) is 11.0. The van der Waals surface area contributed by atoms with Crippen molar-refractivity contribution in [1.82, 2.24) is 29.7 Å². The summed E-state index contributed by atoms with van der Waals surface area (Å²) >= 11 is 0. The number of hydrogen-bond donors (Lipinski definition) is 3. The number of hydrogen-bond acceptors (Lipinski definition) is 7.